The quantitative estimate of drug-likeness (QED) is 0.633. The van der Waals surface area contributed by atoms with Crippen LogP contribution in [0.2, 0.25) is 0 Å². The van der Waals surface area contributed by atoms with Crippen molar-refractivity contribution >= 4 is 23.4 Å². The Morgan fingerprint density at radius 1 is 1.07 bits per heavy atom. The van der Waals surface area contributed by atoms with Crippen LogP contribution in [0.5, 0.6) is 0 Å². The van der Waals surface area contributed by atoms with Crippen molar-refractivity contribution in [2.75, 3.05) is 11.9 Å². The van der Waals surface area contributed by atoms with Gasteiger partial charge in [-0.1, -0.05) is 19.4 Å². The molecule has 0 atom stereocenters. The van der Waals surface area contributed by atoms with Gasteiger partial charge in [0.25, 0.3) is 17.7 Å². The molecule has 9 heteroatoms. The van der Waals surface area contributed by atoms with Crippen LogP contribution < -0.4 is 5.32 Å². The molecule has 0 radical (unpaired) electrons. The molecule has 3 amide bonds. The maximum Gasteiger partial charge on any atom is 0.261 e. The molecule has 0 aliphatic carbocycles. The highest BCUT2D eigenvalue weighted by atomic mass is 16.2. The van der Waals surface area contributed by atoms with Gasteiger partial charge >= 0.3 is 0 Å². The lowest BCUT2D eigenvalue weighted by atomic mass is 10.0. The number of amides is 3. The van der Waals surface area contributed by atoms with Crippen molar-refractivity contribution in [3.8, 4) is 5.69 Å². The zero-order valence-electron chi connectivity index (χ0n) is 16.6. The van der Waals surface area contributed by atoms with Gasteiger partial charge in [0, 0.05) is 17.8 Å². The molecule has 152 valence electrons. The van der Waals surface area contributed by atoms with Crippen LogP contribution in [-0.2, 0) is 0 Å². The van der Waals surface area contributed by atoms with Gasteiger partial charge in [-0.05, 0) is 59.7 Å². The number of rotatable bonds is 6. The number of nitrogens with zero attached hydrogens (tertiary/aromatic N) is 5. The van der Waals surface area contributed by atoms with Crippen LogP contribution in [-0.4, -0.2) is 49.4 Å². The number of aromatic nitrogens is 4. The van der Waals surface area contributed by atoms with Crippen LogP contribution in [0.3, 0.4) is 0 Å². The standard InChI is InChI=1S/C21H20N6O3/c1-3-4-9-26-20(29)16-8-6-14(10-17(16)21(26)30)19(28)23-18-11-15(7-5-13(18)2)27-12-22-24-25-27/h5-8,10-12H,3-4,9H2,1-2H3,(H,23,28). The topological polar surface area (TPSA) is 110 Å². The number of anilines is 1. The van der Waals surface area contributed by atoms with Crippen LogP contribution in [0.1, 0.15) is 56.4 Å². The first-order valence-electron chi connectivity index (χ1n) is 9.65. The molecule has 0 spiro atoms. The van der Waals surface area contributed by atoms with Crippen LogP contribution >= 0.6 is 0 Å². The number of carbonyl (C=O) groups excluding carboxylic acids is 3. The summed E-state index contributed by atoms with van der Waals surface area (Å²) in [6.07, 6.45) is 3.09. The van der Waals surface area contributed by atoms with Crippen molar-refractivity contribution in [1.82, 2.24) is 25.1 Å². The lowest BCUT2D eigenvalue weighted by Crippen LogP contribution is -2.30. The zero-order valence-corrected chi connectivity index (χ0v) is 16.6. The summed E-state index contributed by atoms with van der Waals surface area (Å²) in [7, 11) is 0. The normalized spacial score (nSPS) is 12.9. The molecule has 9 nitrogen and oxygen atoms in total. The smallest absolute Gasteiger partial charge is 0.261 e. The Morgan fingerprint density at radius 3 is 2.60 bits per heavy atom. The molecule has 1 aliphatic heterocycles. The van der Waals surface area contributed by atoms with E-state index in [0.717, 1.165) is 18.4 Å². The first-order chi connectivity index (χ1) is 14.5. The number of hydrogen-bond acceptors (Lipinski definition) is 6. The van der Waals surface area contributed by atoms with E-state index in [-0.39, 0.29) is 23.3 Å². The molecule has 1 aliphatic rings. The predicted octanol–water partition coefficient (Wildman–Crippen LogP) is 2.62. The number of nitrogens with one attached hydrogen (secondary N) is 1. The van der Waals surface area contributed by atoms with Crippen LogP contribution in [0.25, 0.3) is 5.69 Å². The van der Waals surface area contributed by atoms with E-state index < -0.39 is 0 Å². The number of imide groups is 1. The fourth-order valence-electron chi connectivity index (χ4n) is 3.31. The van der Waals surface area contributed by atoms with Gasteiger partial charge in [-0.3, -0.25) is 19.3 Å². The first kappa shape index (κ1) is 19.4. The maximum absolute atomic E-state index is 12.8. The van der Waals surface area contributed by atoms with E-state index in [1.807, 2.05) is 26.0 Å². The molecule has 0 saturated heterocycles. The first-order valence-corrected chi connectivity index (χ1v) is 9.65. The molecule has 2 heterocycles. The van der Waals surface area contributed by atoms with Gasteiger partial charge in [0.1, 0.15) is 6.33 Å². The van der Waals surface area contributed by atoms with Crippen LogP contribution in [0.15, 0.2) is 42.7 Å². The highest BCUT2D eigenvalue weighted by molar-refractivity contribution is 6.22. The van der Waals surface area contributed by atoms with Crippen molar-refractivity contribution in [3.05, 3.63) is 65.0 Å². The summed E-state index contributed by atoms with van der Waals surface area (Å²) >= 11 is 0. The third-order valence-corrected chi connectivity index (χ3v) is 5.05. The second-order valence-corrected chi connectivity index (χ2v) is 7.08. The van der Waals surface area contributed by atoms with E-state index >= 15 is 0 Å². The van der Waals surface area contributed by atoms with Crippen LogP contribution in [0.4, 0.5) is 5.69 Å². The minimum atomic E-state index is -0.373. The second-order valence-electron chi connectivity index (χ2n) is 7.08. The van der Waals surface area contributed by atoms with Crippen molar-refractivity contribution in [2.24, 2.45) is 0 Å². The third-order valence-electron chi connectivity index (χ3n) is 5.05. The number of tetrazole rings is 1. The van der Waals surface area contributed by atoms with Gasteiger partial charge in [0.2, 0.25) is 0 Å². The van der Waals surface area contributed by atoms with Gasteiger partial charge in [-0.15, -0.1) is 5.10 Å². The van der Waals surface area contributed by atoms with E-state index in [1.54, 1.807) is 18.2 Å². The summed E-state index contributed by atoms with van der Waals surface area (Å²) in [6.45, 7) is 4.25. The Bertz CT molecular complexity index is 1140. The molecule has 0 saturated carbocycles. The lowest BCUT2D eigenvalue weighted by molar-refractivity contribution is 0.0652. The number of benzene rings is 2. The summed E-state index contributed by atoms with van der Waals surface area (Å²) in [5.41, 5.74) is 3.06. The Hall–Kier alpha value is -3.88. The molecule has 30 heavy (non-hydrogen) atoms. The number of aryl methyl sites for hydroxylation is 1. The van der Waals surface area contributed by atoms with Gasteiger partial charge in [-0.2, -0.15) is 0 Å². The van der Waals surface area contributed by atoms with Crippen molar-refractivity contribution in [3.63, 3.8) is 0 Å². The fourth-order valence-corrected chi connectivity index (χ4v) is 3.31. The van der Waals surface area contributed by atoms with E-state index in [0.29, 0.717) is 29.0 Å². The molecule has 1 N–H and O–H groups in total. The molecule has 0 fully saturated rings. The Kier molecular flexibility index (Phi) is 5.09. The SMILES string of the molecule is CCCCN1C(=O)c2ccc(C(=O)Nc3cc(-n4cnnn4)ccc3C)cc2C1=O. The van der Waals surface area contributed by atoms with Crippen LogP contribution in [0, 0.1) is 6.92 Å². The average Bonchev–Trinajstić information content (AvgIpc) is 3.36. The average molecular weight is 404 g/mol. The molecule has 4 rings (SSSR count). The Balaban J connectivity index is 1.58. The summed E-state index contributed by atoms with van der Waals surface area (Å²) in [4.78, 5) is 39.2. The largest absolute Gasteiger partial charge is 0.322 e. The summed E-state index contributed by atoms with van der Waals surface area (Å²) in [5.74, 6) is -1.03. The minimum absolute atomic E-state index is 0.267. The molecule has 2 aromatic carbocycles. The number of unbranched alkanes of at least 4 members (excludes halogenated alkanes) is 1. The van der Waals surface area contributed by atoms with Gasteiger partial charge < -0.3 is 5.32 Å². The van der Waals surface area contributed by atoms with Gasteiger partial charge in [0.05, 0.1) is 16.8 Å². The van der Waals surface area contributed by atoms with Crippen molar-refractivity contribution in [1.29, 1.82) is 0 Å². The molecule has 3 aromatic rings. The van der Waals surface area contributed by atoms with E-state index in [2.05, 4.69) is 20.8 Å². The lowest BCUT2D eigenvalue weighted by Gasteiger charge is -2.12. The van der Waals surface area contributed by atoms with E-state index in [1.165, 1.54) is 22.0 Å². The third kappa shape index (κ3) is 3.45. The predicted molar refractivity (Wildman–Crippen MR) is 109 cm³/mol. The molecule has 0 bridgehead atoms. The number of fused-ring (bicyclic) bond motifs is 1. The summed E-state index contributed by atoms with van der Waals surface area (Å²) in [6, 6.07) is 10.0. The molecule has 0 unspecified atom stereocenters. The Morgan fingerprint density at radius 2 is 1.87 bits per heavy atom. The fraction of sp³-hybridized carbons (Fsp3) is 0.238. The van der Waals surface area contributed by atoms with Crippen molar-refractivity contribution in [2.45, 2.75) is 26.7 Å². The summed E-state index contributed by atoms with van der Waals surface area (Å²) < 4.78 is 1.49. The van der Waals surface area contributed by atoms with E-state index in [9.17, 15) is 14.4 Å². The number of carbonyl (C=O) groups is 3. The van der Waals surface area contributed by atoms with Crippen molar-refractivity contribution < 1.29 is 14.4 Å². The second kappa shape index (κ2) is 7.86. The monoisotopic (exact) mass is 404 g/mol. The zero-order chi connectivity index (χ0) is 21.3. The van der Waals surface area contributed by atoms with Gasteiger partial charge in [0.15, 0.2) is 0 Å². The maximum atomic E-state index is 12.8. The minimum Gasteiger partial charge on any atom is -0.322 e. The van der Waals surface area contributed by atoms with E-state index in [4.69, 9.17) is 0 Å². The Labute approximate surface area is 172 Å². The summed E-state index contributed by atoms with van der Waals surface area (Å²) in [5, 5.41) is 13.9. The highest BCUT2D eigenvalue weighted by Gasteiger charge is 2.35. The molecule has 1 aromatic heterocycles. The molecular formula is C21H20N6O3. The van der Waals surface area contributed by atoms with Gasteiger partial charge in [-0.25, -0.2) is 4.68 Å². The number of hydrogen-bond donors (Lipinski definition) is 1. The molecular weight excluding hydrogens is 384 g/mol. The highest BCUT2D eigenvalue weighted by Crippen LogP contribution is 2.25.